The summed E-state index contributed by atoms with van der Waals surface area (Å²) in [6.07, 6.45) is 5.06. The van der Waals surface area contributed by atoms with Crippen LogP contribution in [-0.2, 0) is 6.54 Å². The number of hydrogen-bond donors (Lipinski definition) is 1. The number of hydrogen-bond acceptors (Lipinski definition) is 2. The molecule has 0 bridgehead atoms. The zero-order chi connectivity index (χ0) is 14.5. The van der Waals surface area contributed by atoms with E-state index in [-0.39, 0.29) is 6.04 Å². The van der Waals surface area contributed by atoms with E-state index in [1.165, 1.54) is 0 Å². The Labute approximate surface area is 133 Å². The van der Waals surface area contributed by atoms with Crippen molar-refractivity contribution in [1.29, 1.82) is 0 Å². The van der Waals surface area contributed by atoms with Gasteiger partial charge in [0.25, 0.3) is 0 Å². The lowest BCUT2D eigenvalue weighted by Gasteiger charge is -2.19. The van der Waals surface area contributed by atoms with Crippen molar-refractivity contribution in [2.24, 2.45) is 0 Å². The maximum absolute atomic E-state index is 6.37. The largest absolute Gasteiger partial charge is 0.306 e. The van der Waals surface area contributed by atoms with E-state index in [1.807, 2.05) is 23.0 Å². The standard InChI is InChI=1S/C15H19BrClN3/c1-3-7-18-15(11-9-19-20(4-2)10-11)13-8-12(16)5-6-14(13)17/h5-6,8-10,15,18H,3-4,7H2,1-2H3. The molecule has 2 aromatic rings. The van der Waals surface area contributed by atoms with Crippen LogP contribution in [0, 0.1) is 0 Å². The molecule has 20 heavy (non-hydrogen) atoms. The van der Waals surface area contributed by atoms with Crippen LogP contribution in [0.4, 0.5) is 0 Å². The summed E-state index contributed by atoms with van der Waals surface area (Å²) < 4.78 is 2.96. The Morgan fingerprint density at radius 2 is 2.20 bits per heavy atom. The van der Waals surface area contributed by atoms with Crippen LogP contribution in [0.3, 0.4) is 0 Å². The summed E-state index contributed by atoms with van der Waals surface area (Å²) >= 11 is 9.89. The van der Waals surface area contributed by atoms with Gasteiger partial charge >= 0.3 is 0 Å². The molecule has 5 heteroatoms. The van der Waals surface area contributed by atoms with Crippen molar-refractivity contribution in [1.82, 2.24) is 15.1 Å². The Morgan fingerprint density at radius 1 is 1.40 bits per heavy atom. The molecule has 0 fully saturated rings. The van der Waals surface area contributed by atoms with Gasteiger partial charge in [0.05, 0.1) is 12.2 Å². The number of aryl methyl sites for hydroxylation is 1. The summed E-state index contributed by atoms with van der Waals surface area (Å²) in [7, 11) is 0. The van der Waals surface area contributed by atoms with E-state index in [1.54, 1.807) is 0 Å². The third-order valence-electron chi connectivity index (χ3n) is 3.18. The molecule has 1 aromatic heterocycles. The topological polar surface area (TPSA) is 29.9 Å². The molecule has 3 nitrogen and oxygen atoms in total. The van der Waals surface area contributed by atoms with Crippen LogP contribution in [0.2, 0.25) is 5.02 Å². The predicted octanol–water partition coefficient (Wildman–Crippen LogP) is 4.41. The molecule has 0 aliphatic rings. The lowest BCUT2D eigenvalue weighted by atomic mass is 10.0. The average Bonchev–Trinajstić information content (AvgIpc) is 2.92. The lowest BCUT2D eigenvalue weighted by Crippen LogP contribution is -2.23. The minimum Gasteiger partial charge on any atom is -0.306 e. The number of nitrogens with one attached hydrogen (secondary N) is 1. The Balaban J connectivity index is 2.38. The highest BCUT2D eigenvalue weighted by Crippen LogP contribution is 2.30. The van der Waals surface area contributed by atoms with Gasteiger partial charge < -0.3 is 5.32 Å². The predicted molar refractivity (Wildman–Crippen MR) is 87.2 cm³/mol. The van der Waals surface area contributed by atoms with E-state index in [2.05, 4.69) is 52.5 Å². The number of halogens is 2. The Hall–Kier alpha value is -0.840. The molecular weight excluding hydrogens is 338 g/mol. The van der Waals surface area contributed by atoms with E-state index in [0.717, 1.165) is 40.1 Å². The molecule has 1 aromatic carbocycles. The fourth-order valence-electron chi connectivity index (χ4n) is 2.13. The quantitative estimate of drug-likeness (QED) is 0.831. The Bertz CT molecular complexity index is 568. The van der Waals surface area contributed by atoms with Crippen molar-refractivity contribution in [2.75, 3.05) is 6.54 Å². The van der Waals surface area contributed by atoms with Crippen LogP contribution >= 0.6 is 27.5 Å². The number of benzene rings is 1. The lowest BCUT2D eigenvalue weighted by molar-refractivity contribution is 0.596. The van der Waals surface area contributed by atoms with Crippen LogP contribution in [0.5, 0.6) is 0 Å². The van der Waals surface area contributed by atoms with Crippen molar-refractivity contribution < 1.29 is 0 Å². The zero-order valence-electron chi connectivity index (χ0n) is 11.7. The minimum atomic E-state index is 0.0697. The highest BCUT2D eigenvalue weighted by Gasteiger charge is 2.18. The first-order valence-corrected chi connectivity index (χ1v) is 8.03. The Kier molecular flexibility index (Phi) is 5.64. The fraction of sp³-hybridized carbons (Fsp3) is 0.400. The molecule has 0 radical (unpaired) electrons. The van der Waals surface area contributed by atoms with Crippen LogP contribution in [-0.4, -0.2) is 16.3 Å². The van der Waals surface area contributed by atoms with Crippen molar-refractivity contribution in [3.63, 3.8) is 0 Å². The Morgan fingerprint density at radius 3 is 2.85 bits per heavy atom. The van der Waals surface area contributed by atoms with Gasteiger partial charge in [-0.05, 0) is 43.7 Å². The van der Waals surface area contributed by atoms with Crippen molar-refractivity contribution in [2.45, 2.75) is 32.9 Å². The van der Waals surface area contributed by atoms with Gasteiger partial charge in [-0.2, -0.15) is 5.10 Å². The zero-order valence-corrected chi connectivity index (χ0v) is 14.1. The highest BCUT2D eigenvalue weighted by molar-refractivity contribution is 9.10. The normalized spacial score (nSPS) is 12.6. The first kappa shape index (κ1) is 15.5. The van der Waals surface area contributed by atoms with Gasteiger partial charge in [-0.25, -0.2) is 0 Å². The van der Waals surface area contributed by atoms with Crippen LogP contribution in [0.15, 0.2) is 35.1 Å². The van der Waals surface area contributed by atoms with Gasteiger partial charge in [-0.3, -0.25) is 4.68 Å². The van der Waals surface area contributed by atoms with Gasteiger partial charge in [0.2, 0.25) is 0 Å². The SMILES string of the molecule is CCCNC(c1cnn(CC)c1)c1cc(Br)ccc1Cl. The molecule has 1 heterocycles. The molecule has 0 saturated carbocycles. The first-order chi connectivity index (χ1) is 9.65. The monoisotopic (exact) mass is 355 g/mol. The van der Waals surface area contributed by atoms with Gasteiger partial charge in [-0.15, -0.1) is 0 Å². The molecule has 1 unspecified atom stereocenters. The highest BCUT2D eigenvalue weighted by atomic mass is 79.9. The second-order valence-electron chi connectivity index (χ2n) is 4.68. The summed E-state index contributed by atoms with van der Waals surface area (Å²) in [5, 5.41) is 8.68. The van der Waals surface area contributed by atoms with Crippen LogP contribution < -0.4 is 5.32 Å². The minimum absolute atomic E-state index is 0.0697. The van der Waals surface area contributed by atoms with Crippen LogP contribution in [0.1, 0.15) is 37.4 Å². The van der Waals surface area contributed by atoms with Gasteiger partial charge in [0.15, 0.2) is 0 Å². The molecule has 0 aliphatic carbocycles. The van der Waals surface area contributed by atoms with E-state index in [0.29, 0.717) is 0 Å². The maximum atomic E-state index is 6.37. The molecule has 1 N–H and O–H groups in total. The first-order valence-electron chi connectivity index (χ1n) is 6.86. The van der Waals surface area contributed by atoms with E-state index in [9.17, 15) is 0 Å². The van der Waals surface area contributed by atoms with Crippen LogP contribution in [0.25, 0.3) is 0 Å². The summed E-state index contributed by atoms with van der Waals surface area (Å²) in [6.45, 7) is 6.04. The summed E-state index contributed by atoms with van der Waals surface area (Å²) in [5.74, 6) is 0. The molecule has 0 aliphatic heterocycles. The number of rotatable bonds is 6. The van der Waals surface area contributed by atoms with Crippen molar-refractivity contribution in [3.8, 4) is 0 Å². The second kappa shape index (κ2) is 7.25. The average molecular weight is 357 g/mol. The second-order valence-corrected chi connectivity index (χ2v) is 6.01. The van der Waals surface area contributed by atoms with Crippen molar-refractivity contribution >= 4 is 27.5 Å². The third-order valence-corrected chi connectivity index (χ3v) is 4.02. The molecule has 108 valence electrons. The number of aromatic nitrogens is 2. The summed E-state index contributed by atoms with van der Waals surface area (Å²) in [4.78, 5) is 0. The molecule has 0 saturated heterocycles. The van der Waals surface area contributed by atoms with E-state index in [4.69, 9.17) is 11.6 Å². The van der Waals surface area contributed by atoms with Gasteiger partial charge in [-0.1, -0.05) is 34.5 Å². The summed E-state index contributed by atoms with van der Waals surface area (Å²) in [6, 6.07) is 6.02. The summed E-state index contributed by atoms with van der Waals surface area (Å²) in [5.41, 5.74) is 2.21. The molecule has 0 amide bonds. The molecule has 0 spiro atoms. The fourth-order valence-corrected chi connectivity index (χ4v) is 2.74. The van der Waals surface area contributed by atoms with E-state index >= 15 is 0 Å². The maximum Gasteiger partial charge on any atom is 0.0623 e. The molecular formula is C15H19BrClN3. The van der Waals surface area contributed by atoms with Gasteiger partial charge in [0.1, 0.15) is 0 Å². The van der Waals surface area contributed by atoms with Crippen molar-refractivity contribution in [3.05, 3.63) is 51.2 Å². The van der Waals surface area contributed by atoms with Gasteiger partial charge in [0, 0.05) is 27.8 Å². The third kappa shape index (κ3) is 3.62. The molecule has 1 atom stereocenters. The number of nitrogens with zero attached hydrogens (tertiary/aromatic N) is 2. The van der Waals surface area contributed by atoms with E-state index < -0.39 is 0 Å². The smallest absolute Gasteiger partial charge is 0.0623 e. The molecule has 2 rings (SSSR count).